The van der Waals surface area contributed by atoms with Crippen LogP contribution in [0, 0.1) is 0 Å². The fourth-order valence-corrected chi connectivity index (χ4v) is 1.39. The normalized spacial score (nSPS) is 10.1. The maximum atomic E-state index is 9.10. The Morgan fingerprint density at radius 1 is 1.06 bits per heavy atom. The Morgan fingerprint density at radius 2 is 1.75 bits per heavy atom. The minimum Gasteiger partial charge on any atom is -0.508 e. The Labute approximate surface area is 102 Å². The molecular formula is C11H7Cl2NO2. The molecule has 1 aromatic carbocycles. The molecule has 0 aliphatic heterocycles. The largest absolute Gasteiger partial charge is 0.508 e. The van der Waals surface area contributed by atoms with E-state index in [1.165, 1.54) is 18.3 Å². The van der Waals surface area contributed by atoms with E-state index in [4.69, 9.17) is 33.0 Å². The van der Waals surface area contributed by atoms with Crippen LogP contribution in [0.15, 0.2) is 36.5 Å². The van der Waals surface area contributed by atoms with Gasteiger partial charge in [-0.05, 0) is 30.3 Å². The summed E-state index contributed by atoms with van der Waals surface area (Å²) >= 11 is 11.7. The molecular weight excluding hydrogens is 249 g/mol. The molecule has 0 unspecified atom stereocenters. The molecule has 0 radical (unpaired) electrons. The molecule has 16 heavy (non-hydrogen) atoms. The SMILES string of the molecule is Oc1ccc(Oc2nccc(Cl)c2Cl)cc1. The number of ether oxygens (including phenoxy) is 1. The Morgan fingerprint density at radius 3 is 2.44 bits per heavy atom. The third kappa shape index (κ3) is 2.38. The number of nitrogens with zero attached hydrogens (tertiary/aromatic N) is 1. The molecule has 0 fully saturated rings. The zero-order chi connectivity index (χ0) is 11.5. The van der Waals surface area contributed by atoms with Gasteiger partial charge >= 0.3 is 0 Å². The lowest BCUT2D eigenvalue weighted by atomic mass is 10.3. The third-order valence-electron chi connectivity index (χ3n) is 1.86. The average molecular weight is 256 g/mol. The van der Waals surface area contributed by atoms with E-state index >= 15 is 0 Å². The second kappa shape index (κ2) is 4.60. The van der Waals surface area contributed by atoms with E-state index in [-0.39, 0.29) is 16.7 Å². The van der Waals surface area contributed by atoms with Crippen LogP contribution in [-0.2, 0) is 0 Å². The molecule has 0 saturated carbocycles. The number of hydrogen-bond donors (Lipinski definition) is 1. The van der Waals surface area contributed by atoms with Crippen molar-refractivity contribution >= 4 is 23.2 Å². The molecule has 0 aliphatic carbocycles. The first-order valence-electron chi connectivity index (χ1n) is 4.44. The Kier molecular flexibility index (Phi) is 3.17. The maximum Gasteiger partial charge on any atom is 0.239 e. The molecule has 0 bridgehead atoms. The monoisotopic (exact) mass is 255 g/mol. The van der Waals surface area contributed by atoms with Gasteiger partial charge < -0.3 is 9.84 Å². The number of phenols is 1. The topological polar surface area (TPSA) is 42.4 Å². The maximum absolute atomic E-state index is 9.10. The van der Waals surface area contributed by atoms with Crippen LogP contribution in [-0.4, -0.2) is 10.1 Å². The Hall–Kier alpha value is -1.45. The van der Waals surface area contributed by atoms with Gasteiger partial charge in [0.05, 0.1) is 5.02 Å². The van der Waals surface area contributed by atoms with Gasteiger partial charge in [0.15, 0.2) is 0 Å². The average Bonchev–Trinajstić information content (AvgIpc) is 2.28. The highest BCUT2D eigenvalue weighted by atomic mass is 35.5. The van der Waals surface area contributed by atoms with Gasteiger partial charge in [0.1, 0.15) is 16.5 Å². The van der Waals surface area contributed by atoms with E-state index < -0.39 is 0 Å². The summed E-state index contributed by atoms with van der Waals surface area (Å²) in [7, 11) is 0. The molecule has 2 rings (SSSR count). The predicted octanol–water partition coefficient (Wildman–Crippen LogP) is 3.89. The number of aromatic hydroxyl groups is 1. The fourth-order valence-electron chi connectivity index (χ4n) is 1.10. The van der Waals surface area contributed by atoms with Crippen LogP contribution in [0.3, 0.4) is 0 Å². The zero-order valence-corrected chi connectivity index (χ0v) is 9.53. The minimum atomic E-state index is 0.164. The highest BCUT2D eigenvalue weighted by molar-refractivity contribution is 6.42. The number of hydrogen-bond acceptors (Lipinski definition) is 3. The van der Waals surface area contributed by atoms with Crippen molar-refractivity contribution in [1.82, 2.24) is 4.98 Å². The summed E-state index contributed by atoms with van der Waals surface area (Å²) in [5.74, 6) is 0.923. The minimum absolute atomic E-state index is 0.164. The first-order valence-corrected chi connectivity index (χ1v) is 5.19. The van der Waals surface area contributed by atoms with Crippen molar-refractivity contribution in [2.75, 3.05) is 0 Å². The first-order chi connectivity index (χ1) is 7.66. The number of phenolic OH excluding ortho intramolecular Hbond substituents is 1. The van der Waals surface area contributed by atoms with Crippen molar-refractivity contribution in [3.8, 4) is 17.4 Å². The molecule has 1 heterocycles. The van der Waals surface area contributed by atoms with E-state index in [2.05, 4.69) is 4.98 Å². The van der Waals surface area contributed by atoms with Crippen LogP contribution in [0.2, 0.25) is 10.0 Å². The van der Waals surface area contributed by atoms with Gasteiger partial charge in [0.25, 0.3) is 0 Å². The predicted molar refractivity (Wildman–Crippen MR) is 62.4 cm³/mol. The highest BCUT2D eigenvalue weighted by Gasteiger charge is 2.07. The van der Waals surface area contributed by atoms with Crippen LogP contribution >= 0.6 is 23.2 Å². The molecule has 1 N–H and O–H groups in total. The van der Waals surface area contributed by atoms with Crippen molar-refractivity contribution in [3.63, 3.8) is 0 Å². The van der Waals surface area contributed by atoms with E-state index in [0.29, 0.717) is 10.8 Å². The van der Waals surface area contributed by atoms with Gasteiger partial charge in [-0.2, -0.15) is 0 Å². The van der Waals surface area contributed by atoms with Crippen LogP contribution in [0.4, 0.5) is 0 Å². The number of benzene rings is 1. The summed E-state index contributed by atoms with van der Waals surface area (Å²) in [5.41, 5.74) is 0. The summed E-state index contributed by atoms with van der Waals surface area (Å²) < 4.78 is 5.41. The molecule has 0 spiro atoms. The molecule has 3 nitrogen and oxygen atoms in total. The zero-order valence-electron chi connectivity index (χ0n) is 8.02. The molecule has 0 atom stereocenters. The van der Waals surface area contributed by atoms with Gasteiger partial charge in [0.2, 0.25) is 5.88 Å². The van der Waals surface area contributed by atoms with Crippen molar-refractivity contribution in [1.29, 1.82) is 0 Å². The lowest BCUT2D eigenvalue weighted by molar-refractivity contribution is 0.454. The molecule has 1 aromatic heterocycles. The number of aromatic nitrogens is 1. The van der Waals surface area contributed by atoms with Crippen LogP contribution < -0.4 is 4.74 Å². The number of rotatable bonds is 2. The van der Waals surface area contributed by atoms with Gasteiger partial charge in [0, 0.05) is 6.20 Å². The van der Waals surface area contributed by atoms with Gasteiger partial charge in [-0.25, -0.2) is 4.98 Å². The van der Waals surface area contributed by atoms with E-state index in [1.807, 2.05) is 0 Å². The lowest BCUT2D eigenvalue weighted by Gasteiger charge is -2.06. The van der Waals surface area contributed by atoms with Crippen molar-refractivity contribution in [3.05, 3.63) is 46.6 Å². The molecule has 5 heteroatoms. The van der Waals surface area contributed by atoms with Crippen molar-refractivity contribution < 1.29 is 9.84 Å². The van der Waals surface area contributed by atoms with E-state index in [9.17, 15) is 0 Å². The summed E-state index contributed by atoms with van der Waals surface area (Å²) in [6.45, 7) is 0. The molecule has 82 valence electrons. The third-order valence-corrected chi connectivity index (χ3v) is 2.64. The lowest BCUT2D eigenvalue weighted by Crippen LogP contribution is -1.88. The summed E-state index contributed by atoms with van der Waals surface area (Å²) in [4.78, 5) is 3.96. The quantitative estimate of drug-likeness (QED) is 0.886. The summed E-state index contributed by atoms with van der Waals surface area (Å²) in [6.07, 6.45) is 1.50. The second-order valence-electron chi connectivity index (χ2n) is 3.01. The molecule has 0 amide bonds. The number of pyridine rings is 1. The summed E-state index contributed by atoms with van der Waals surface area (Å²) in [5, 5.41) is 9.74. The molecule has 0 aliphatic rings. The molecule has 0 saturated heterocycles. The summed E-state index contributed by atoms with van der Waals surface area (Å²) in [6, 6.07) is 7.80. The second-order valence-corrected chi connectivity index (χ2v) is 3.79. The Balaban J connectivity index is 2.27. The van der Waals surface area contributed by atoms with Gasteiger partial charge in [-0.15, -0.1) is 0 Å². The van der Waals surface area contributed by atoms with Gasteiger partial charge in [-0.1, -0.05) is 23.2 Å². The van der Waals surface area contributed by atoms with Crippen molar-refractivity contribution in [2.45, 2.75) is 0 Å². The van der Waals surface area contributed by atoms with Crippen LogP contribution in [0.5, 0.6) is 17.4 Å². The van der Waals surface area contributed by atoms with Crippen molar-refractivity contribution in [2.24, 2.45) is 0 Å². The highest BCUT2D eigenvalue weighted by Crippen LogP contribution is 2.32. The van der Waals surface area contributed by atoms with E-state index in [0.717, 1.165) is 0 Å². The fraction of sp³-hybridized carbons (Fsp3) is 0. The first kappa shape index (κ1) is 11.0. The number of halogens is 2. The van der Waals surface area contributed by atoms with E-state index in [1.54, 1.807) is 18.2 Å². The van der Waals surface area contributed by atoms with Crippen LogP contribution in [0.25, 0.3) is 0 Å². The van der Waals surface area contributed by atoms with Crippen LogP contribution in [0.1, 0.15) is 0 Å². The van der Waals surface area contributed by atoms with Gasteiger partial charge in [-0.3, -0.25) is 0 Å². The molecule has 2 aromatic rings. The Bertz CT molecular complexity index is 500. The standard InChI is InChI=1S/C11H7Cl2NO2/c12-9-5-6-14-11(10(9)13)16-8-3-1-7(15)2-4-8/h1-6,15H. The smallest absolute Gasteiger partial charge is 0.239 e.